The van der Waals surface area contributed by atoms with E-state index in [1.807, 2.05) is 0 Å². The highest BCUT2D eigenvalue weighted by molar-refractivity contribution is 5.83. The predicted octanol–water partition coefficient (Wildman–Crippen LogP) is -1.64. The van der Waals surface area contributed by atoms with Crippen LogP contribution in [-0.2, 0) is 20.8 Å². The van der Waals surface area contributed by atoms with Gasteiger partial charge in [-0.1, -0.05) is 0 Å². The van der Waals surface area contributed by atoms with Crippen LogP contribution in [0.3, 0.4) is 0 Å². The van der Waals surface area contributed by atoms with Crippen molar-refractivity contribution in [3.05, 3.63) is 12.2 Å². The van der Waals surface area contributed by atoms with Crippen LogP contribution in [0, 0.1) is 0 Å². The molecule has 1 aliphatic heterocycles. The zero-order valence-electron chi connectivity index (χ0n) is 16.1. The minimum atomic E-state index is -1.44. The van der Waals surface area contributed by atoms with Crippen molar-refractivity contribution in [3.63, 3.8) is 0 Å². The lowest BCUT2D eigenvalue weighted by Gasteiger charge is -2.17. The molecule has 13 nitrogen and oxygen atoms in total. The molecule has 2 aromatic heterocycles. The summed E-state index contributed by atoms with van der Waals surface area (Å²) in [5.41, 5.74) is 6.42. The fourth-order valence-electron chi connectivity index (χ4n) is 3.06. The number of anilines is 1. The van der Waals surface area contributed by atoms with Gasteiger partial charge in [-0.15, -0.1) is 0 Å². The third kappa shape index (κ3) is 3.79. The van der Waals surface area contributed by atoms with Crippen LogP contribution in [0.15, 0.2) is 6.33 Å². The summed E-state index contributed by atoms with van der Waals surface area (Å²) in [6.07, 6.45) is -4.47. The van der Waals surface area contributed by atoms with Gasteiger partial charge in [0.1, 0.15) is 17.7 Å². The van der Waals surface area contributed by atoms with Gasteiger partial charge in [0.2, 0.25) is 0 Å². The molecule has 3 rings (SSSR count). The number of aromatic nitrogens is 4. The molecular formula is C16H23N7O6. The van der Waals surface area contributed by atoms with Gasteiger partial charge in [0.25, 0.3) is 5.91 Å². The second-order valence-electron chi connectivity index (χ2n) is 6.50. The molecule has 2 unspecified atom stereocenters. The first-order valence-corrected chi connectivity index (χ1v) is 8.85. The lowest BCUT2D eigenvalue weighted by Crippen LogP contribution is -2.42. The first-order valence-electron chi connectivity index (χ1n) is 8.85. The van der Waals surface area contributed by atoms with E-state index in [4.69, 9.17) is 10.5 Å². The molecule has 29 heavy (non-hydrogen) atoms. The maximum absolute atomic E-state index is 12.1. The summed E-state index contributed by atoms with van der Waals surface area (Å²) in [5.74, 6) is -0.270. The highest BCUT2D eigenvalue weighted by atomic mass is 16.6. The number of carbonyl (C=O) groups is 2. The van der Waals surface area contributed by atoms with E-state index in [1.165, 1.54) is 30.0 Å². The number of aliphatic hydroxyl groups is 2. The lowest BCUT2D eigenvalue weighted by atomic mass is 10.1. The summed E-state index contributed by atoms with van der Waals surface area (Å²) in [7, 11) is 2.76. The fraction of sp³-hybridized carbons (Fsp3) is 0.562. The molecule has 3 heterocycles. The number of nitrogens with two attached hydrogens (primary N) is 1. The number of likely N-dealkylation sites (N-methyl/N-ethyl adjacent to an activating group) is 1. The van der Waals surface area contributed by atoms with Crippen molar-refractivity contribution in [2.75, 3.05) is 26.4 Å². The number of imidazole rings is 1. The maximum atomic E-state index is 12.1. The van der Waals surface area contributed by atoms with Gasteiger partial charge in [-0.2, -0.15) is 0 Å². The van der Waals surface area contributed by atoms with E-state index in [1.54, 1.807) is 6.92 Å². The number of hydrogen-bond acceptors (Lipinski definition) is 10. The number of methoxy groups -OCH3 is 1. The summed E-state index contributed by atoms with van der Waals surface area (Å²) in [5, 5.41) is 23.2. The van der Waals surface area contributed by atoms with E-state index >= 15 is 0 Å². The Morgan fingerprint density at radius 3 is 2.76 bits per heavy atom. The van der Waals surface area contributed by atoms with Gasteiger partial charge in [-0.3, -0.25) is 9.36 Å². The van der Waals surface area contributed by atoms with Crippen molar-refractivity contribution in [2.45, 2.75) is 38.0 Å². The van der Waals surface area contributed by atoms with E-state index in [-0.39, 0.29) is 29.4 Å². The average Bonchev–Trinajstić information content (AvgIpc) is 3.23. The molecule has 1 saturated heterocycles. The van der Waals surface area contributed by atoms with Crippen LogP contribution >= 0.6 is 0 Å². The van der Waals surface area contributed by atoms with Crippen LogP contribution in [0.4, 0.5) is 10.6 Å². The van der Waals surface area contributed by atoms with E-state index in [0.29, 0.717) is 6.54 Å². The highest BCUT2D eigenvalue weighted by Gasteiger charge is 2.47. The minimum Gasteiger partial charge on any atom is -0.453 e. The zero-order chi connectivity index (χ0) is 21.3. The first kappa shape index (κ1) is 20.7. The van der Waals surface area contributed by atoms with Crippen LogP contribution in [0.1, 0.15) is 19.0 Å². The fourth-order valence-corrected chi connectivity index (χ4v) is 3.06. The van der Waals surface area contributed by atoms with Crippen molar-refractivity contribution in [1.82, 2.24) is 29.7 Å². The van der Waals surface area contributed by atoms with E-state index < -0.39 is 36.5 Å². The maximum Gasteiger partial charge on any atom is 0.409 e. The van der Waals surface area contributed by atoms with Crippen molar-refractivity contribution >= 4 is 29.0 Å². The smallest absolute Gasteiger partial charge is 0.409 e. The van der Waals surface area contributed by atoms with E-state index in [2.05, 4.69) is 25.0 Å². The van der Waals surface area contributed by atoms with E-state index in [0.717, 1.165) is 0 Å². The molecular weight excluding hydrogens is 386 g/mol. The van der Waals surface area contributed by atoms with Gasteiger partial charge in [-0.05, 0) is 6.92 Å². The predicted molar refractivity (Wildman–Crippen MR) is 98.2 cm³/mol. The van der Waals surface area contributed by atoms with Crippen LogP contribution in [-0.4, -0.2) is 85.6 Å². The van der Waals surface area contributed by atoms with Crippen LogP contribution in [0.2, 0.25) is 0 Å². The number of carbonyl (C=O) groups excluding carboxylic acids is 2. The Morgan fingerprint density at radius 1 is 1.38 bits per heavy atom. The molecule has 0 bridgehead atoms. The molecule has 2 aromatic rings. The molecule has 1 aliphatic rings. The molecule has 5 N–H and O–H groups in total. The van der Waals surface area contributed by atoms with Crippen molar-refractivity contribution in [1.29, 1.82) is 0 Å². The monoisotopic (exact) mass is 409 g/mol. The number of hydrogen-bond donors (Lipinski definition) is 4. The van der Waals surface area contributed by atoms with Gasteiger partial charge >= 0.3 is 6.09 Å². The largest absolute Gasteiger partial charge is 0.453 e. The van der Waals surface area contributed by atoms with Crippen molar-refractivity contribution < 1.29 is 29.3 Å². The summed E-state index contributed by atoms with van der Waals surface area (Å²) >= 11 is 0. The number of nitrogen functional groups attached to an aromatic ring is 1. The first-order chi connectivity index (χ1) is 13.8. The lowest BCUT2D eigenvalue weighted by molar-refractivity contribution is -0.137. The van der Waals surface area contributed by atoms with Gasteiger partial charge in [-0.25, -0.2) is 19.7 Å². The van der Waals surface area contributed by atoms with Crippen LogP contribution in [0.25, 0.3) is 11.2 Å². The Hall–Kier alpha value is -3.03. The number of rotatable bonds is 5. The molecule has 0 saturated carbocycles. The van der Waals surface area contributed by atoms with Gasteiger partial charge < -0.3 is 35.6 Å². The topological polar surface area (TPSA) is 178 Å². The molecule has 0 aliphatic carbocycles. The molecule has 13 heteroatoms. The van der Waals surface area contributed by atoms with Crippen molar-refractivity contribution in [2.24, 2.45) is 0 Å². The molecule has 0 aromatic carbocycles. The number of nitrogens with zero attached hydrogens (tertiary/aromatic N) is 5. The third-order valence-electron chi connectivity index (χ3n) is 4.48. The standard InChI is InChI=1S/C16H23N7O6/c1-4-18-14(26)11-9(24)10(25)15(29-11)23-6-19-8-12(17)20-7(21-13(8)23)5-22(2)16(27)28-3/h6,9-11,15,24-25H,4-5H2,1-3H3,(H,18,26)(H2,17,20,21)/t9?,10?,11-,15+/m0/s1. The molecule has 158 valence electrons. The number of aliphatic hydroxyl groups excluding tert-OH is 2. The van der Waals surface area contributed by atoms with E-state index in [9.17, 15) is 19.8 Å². The van der Waals surface area contributed by atoms with Crippen LogP contribution in [0.5, 0.6) is 0 Å². The second-order valence-corrected chi connectivity index (χ2v) is 6.50. The Labute approximate surface area is 165 Å². The highest BCUT2D eigenvalue weighted by Crippen LogP contribution is 2.32. The average molecular weight is 409 g/mol. The number of amides is 2. The molecule has 0 spiro atoms. The number of nitrogens with one attached hydrogen (secondary N) is 1. The van der Waals surface area contributed by atoms with Gasteiger partial charge in [0.05, 0.1) is 20.0 Å². The Kier molecular flexibility index (Phi) is 5.81. The zero-order valence-corrected chi connectivity index (χ0v) is 16.1. The normalized spacial score (nSPS) is 23.9. The van der Waals surface area contributed by atoms with Gasteiger partial charge in [0.15, 0.2) is 29.6 Å². The summed E-state index contributed by atoms with van der Waals surface area (Å²) in [6, 6.07) is 0. The molecule has 2 amide bonds. The second kappa shape index (κ2) is 8.14. The Bertz CT molecular complexity index is 919. The molecule has 0 radical (unpaired) electrons. The number of ether oxygens (including phenoxy) is 2. The summed E-state index contributed by atoms with van der Waals surface area (Å²) in [6.45, 7) is 2.08. The Balaban J connectivity index is 1.94. The SMILES string of the molecule is CCNC(=O)[C@H]1O[C@@H](n2cnc3c(N)nc(CN(C)C(=O)OC)nc32)C(O)C1O. The Morgan fingerprint density at radius 2 is 2.10 bits per heavy atom. The molecule has 1 fully saturated rings. The van der Waals surface area contributed by atoms with Crippen LogP contribution < -0.4 is 11.1 Å². The van der Waals surface area contributed by atoms with Crippen molar-refractivity contribution in [3.8, 4) is 0 Å². The summed E-state index contributed by atoms with van der Waals surface area (Å²) in [4.78, 5) is 37.5. The minimum absolute atomic E-state index is 0.0101. The quantitative estimate of drug-likeness (QED) is 0.448. The summed E-state index contributed by atoms with van der Waals surface area (Å²) < 4.78 is 11.6. The van der Waals surface area contributed by atoms with Gasteiger partial charge in [0, 0.05) is 13.6 Å². The molecule has 4 atom stereocenters. The third-order valence-corrected chi connectivity index (χ3v) is 4.48. The number of fused-ring (bicyclic) bond motifs is 1.